The summed E-state index contributed by atoms with van der Waals surface area (Å²) in [4.78, 5) is 35.9. The number of amides is 1. The number of nitrogens with zero attached hydrogens (tertiary/aromatic N) is 8. The summed E-state index contributed by atoms with van der Waals surface area (Å²) in [6.45, 7) is 2.61. The summed E-state index contributed by atoms with van der Waals surface area (Å²) < 4.78 is 40.5. The Hall–Kier alpha value is -3.32. The zero-order chi connectivity index (χ0) is 26.1. The van der Waals surface area contributed by atoms with E-state index in [1.54, 1.807) is 35.0 Å². The molecule has 198 valence electrons. The maximum absolute atomic E-state index is 14.2. The number of ether oxygens (including phenoxy) is 2. The van der Waals surface area contributed by atoms with Crippen molar-refractivity contribution in [1.29, 1.82) is 0 Å². The van der Waals surface area contributed by atoms with Gasteiger partial charge in [0.05, 0.1) is 25.8 Å². The number of rotatable bonds is 7. The lowest BCUT2D eigenvalue weighted by atomic mass is 10.3. The Morgan fingerprint density at radius 3 is 2.65 bits per heavy atom. The first kappa shape index (κ1) is 25.3. The van der Waals surface area contributed by atoms with E-state index in [0.717, 1.165) is 6.42 Å². The van der Waals surface area contributed by atoms with Gasteiger partial charge in [-0.1, -0.05) is 6.07 Å². The number of aromatic nitrogens is 5. The van der Waals surface area contributed by atoms with Crippen molar-refractivity contribution in [1.82, 2.24) is 29.4 Å². The zero-order valence-corrected chi connectivity index (χ0v) is 21.2. The topological polar surface area (TPSA) is 102 Å². The largest absolute Gasteiger partial charge is 0.494 e. The van der Waals surface area contributed by atoms with Crippen LogP contribution in [0.5, 0.6) is 5.75 Å². The Morgan fingerprint density at radius 1 is 1.19 bits per heavy atom. The maximum Gasteiger partial charge on any atom is 0.296 e. The summed E-state index contributed by atoms with van der Waals surface area (Å²) in [6, 6.07) is 5.01. The Bertz CT molecular complexity index is 1290. The van der Waals surface area contributed by atoms with Gasteiger partial charge in [0.25, 0.3) is 6.43 Å². The van der Waals surface area contributed by atoms with Gasteiger partial charge in [-0.3, -0.25) is 9.36 Å². The Labute approximate surface area is 217 Å². The molecule has 2 saturated heterocycles. The van der Waals surface area contributed by atoms with Gasteiger partial charge in [0.1, 0.15) is 23.3 Å². The molecule has 5 rings (SSSR count). The van der Waals surface area contributed by atoms with E-state index in [4.69, 9.17) is 21.1 Å². The first-order chi connectivity index (χ1) is 17.9. The second-order valence-corrected chi connectivity index (χ2v) is 8.99. The molecule has 1 amide bonds. The lowest BCUT2D eigenvalue weighted by Crippen LogP contribution is -2.47. The van der Waals surface area contributed by atoms with Gasteiger partial charge in [-0.2, -0.15) is 15.0 Å². The first-order valence-electron chi connectivity index (χ1n) is 11.9. The van der Waals surface area contributed by atoms with Crippen molar-refractivity contribution >= 4 is 40.4 Å². The summed E-state index contributed by atoms with van der Waals surface area (Å²) in [6.07, 6.45) is -1.73. The Balaban J connectivity index is 1.67. The van der Waals surface area contributed by atoms with E-state index >= 15 is 0 Å². The molecule has 14 heteroatoms. The third-order valence-corrected chi connectivity index (χ3v) is 6.83. The summed E-state index contributed by atoms with van der Waals surface area (Å²) in [5.74, 6) is 0.103. The van der Waals surface area contributed by atoms with E-state index < -0.39 is 12.2 Å². The molecule has 11 nitrogen and oxygen atoms in total. The van der Waals surface area contributed by atoms with Crippen LogP contribution in [0.25, 0.3) is 17.0 Å². The minimum absolute atomic E-state index is 0.00221. The summed E-state index contributed by atoms with van der Waals surface area (Å²) in [5, 5.41) is 0. The molecule has 1 atom stereocenters. The Kier molecular flexibility index (Phi) is 7.24. The van der Waals surface area contributed by atoms with Crippen LogP contribution in [-0.4, -0.2) is 94.4 Å². The minimum atomic E-state index is -2.89. The number of imidazole rings is 1. The number of alkyl halides is 3. The maximum atomic E-state index is 14.2. The number of anilines is 2. The van der Waals surface area contributed by atoms with Crippen LogP contribution in [0.4, 0.5) is 20.7 Å². The van der Waals surface area contributed by atoms with Gasteiger partial charge < -0.3 is 24.2 Å². The van der Waals surface area contributed by atoms with Crippen LogP contribution in [0.15, 0.2) is 18.2 Å². The molecule has 0 spiro atoms. The van der Waals surface area contributed by atoms with Crippen molar-refractivity contribution in [3.63, 3.8) is 0 Å². The van der Waals surface area contributed by atoms with Crippen molar-refractivity contribution in [3.05, 3.63) is 24.0 Å². The summed E-state index contributed by atoms with van der Waals surface area (Å²) >= 11 is 5.83. The highest BCUT2D eigenvalue weighted by molar-refractivity contribution is 6.27. The molecule has 2 fully saturated rings. The van der Waals surface area contributed by atoms with Gasteiger partial charge in [-0.05, 0) is 25.0 Å². The molecule has 0 aliphatic carbocycles. The molecular weight excluding hydrogens is 510 g/mol. The fourth-order valence-corrected chi connectivity index (χ4v) is 4.92. The minimum Gasteiger partial charge on any atom is -0.494 e. The zero-order valence-electron chi connectivity index (χ0n) is 20.5. The highest BCUT2D eigenvalue weighted by Crippen LogP contribution is 2.33. The van der Waals surface area contributed by atoms with E-state index in [2.05, 4.69) is 19.9 Å². The fourth-order valence-electron chi connectivity index (χ4n) is 4.77. The highest BCUT2D eigenvalue weighted by atomic mass is 35.5. The number of benzene rings is 1. The SMILES string of the molecule is COc1cccc2c1nc(C(F)F)n2-c1nc(N2CCOCC2)nc(N(C)[C@H]2CCCN2C(=O)CCl)n1. The van der Waals surface area contributed by atoms with Crippen molar-refractivity contribution in [3.8, 4) is 11.7 Å². The number of halogens is 3. The van der Waals surface area contributed by atoms with Crippen LogP contribution in [0.1, 0.15) is 25.1 Å². The number of morpholine rings is 1. The summed E-state index contributed by atoms with van der Waals surface area (Å²) in [7, 11) is 3.23. The standard InChI is InChI=1S/C23H27ClF2N8O3/c1-31(16-7-4-8-33(16)17(35)13-24)21-28-22(32-9-11-37-12-10-32)30-23(29-21)34-14-5-3-6-15(36-2)18(14)27-20(34)19(25)26/h3,5-6,16,19H,4,7-13H2,1-2H3/t16-/m1/s1. The number of para-hydroxylation sites is 1. The van der Waals surface area contributed by atoms with Gasteiger partial charge >= 0.3 is 0 Å². The number of methoxy groups -OCH3 is 1. The molecule has 3 aromatic rings. The van der Waals surface area contributed by atoms with Crippen LogP contribution < -0.4 is 14.5 Å². The van der Waals surface area contributed by atoms with Crippen LogP contribution in [0.2, 0.25) is 0 Å². The molecule has 2 aliphatic heterocycles. The van der Waals surface area contributed by atoms with Gasteiger partial charge in [0.15, 0.2) is 5.82 Å². The van der Waals surface area contributed by atoms with E-state index in [9.17, 15) is 13.6 Å². The quantitative estimate of drug-likeness (QED) is 0.422. The lowest BCUT2D eigenvalue weighted by Gasteiger charge is -2.33. The van der Waals surface area contributed by atoms with Crippen molar-refractivity contribution in [2.75, 3.05) is 62.7 Å². The van der Waals surface area contributed by atoms with Gasteiger partial charge in [0.2, 0.25) is 23.8 Å². The van der Waals surface area contributed by atoms with Gasteiger partial charge in [-0.25, -0.2) is 13.8 Å². The fraction of sp³-hybridized carbons (Fsp3) is 0.522. The molecule has 4 heterocycles. The Morgan fingerprint density at radius 2 is 1.95 bits per heavy atom. The molecule has 0 bridgehead atoms. The molecule has 1 aromatic carbocycles. The van der Waals surface area contributed by atoms with Crippen molar-refractivity contribution in [2.24, 2.45) is 0 Å². The predicted octanol–water partition coefficient (Wildman–Crippen LogP) is 2.62. The molecule has 37 heavy (non-hydrogen) atoms. The average molecular weight is 537 g/mol. The number of hydrogen-bond acceptors (Lipinski definition) is 9. The molecule has 0 radical (unpaired) electrons. The molecule has 2 aliphatic rings. The van der Waals surface area contributed by atoms with E-state index in [-0.39, 0.29) is 35.4 Å². The number of hydrogen-bond donors (Lipinski definition) is 0. The number of carbonyl (C=O) groups is 1. The highest BCUT2D eigenvalue weighted by Gasteiger charge is 2.34. The molecule has 0 saturated carbocycles. The summed E-state index contributed by atoms with van der Waals surface area (Å²) in [5.41, 5.74) is 0.653. The van der Waals surface area contributed by atoms with E-state index in [1.807, 2.05) is 4.90 Å². The monoisotopic (exact) mass is 536 g/mol. The molecule has 0 unspecified atom stereocenters. The van der Waals surface area contributed by atoms with Crippen LogP contribution in [-0.2, 0) is 9.53 Å². The second kappa shape index (κ2) is 10.6. The smallest absolute Gasteiger partial charge is 0.296 e. The molecule has 0 N–H and O–H groups in total. The number of carbonyl (C=O) groups excluding carboxylic acids is 1. The first-order valence-corrected chi connectivity index (χ1v) is 12.5. The second-order valence-electron chi connectivity index (χ2n) is 8.72. The van der Waals surface area contributed by atoms with E-state index in [0.29, 0.717) is 56.5 Å². The lowest BCUT2D eigenvalue weighted by molar-refractivity contribution is -0.129. The van der Waals surface area contributed by atoms with Crippen LogP contribution >= 0.6 is 11.6 Å². The third-order valence-electron chi connectivity index (χ3n) is 6.60. The number of fused-ring (bicyclic) bond motifs is 1. The average Bonchev–Trinajstić information content (AvgIpc) is 3.58. The van der Waals surface area contributed by atoms with E-state index in [1.165, 1.54) is 11.7 Å². The van der Waals surface area contributed by atoms with Crippen LogP contribution in [0, 0.1) is 0 Å². The van der Waals surface area contributed by atoms with Gasteiger partial charge in [-0.15, -0.1) is 11.6 Å². The predicted molar refractivity (Wildman–Crippen MR) is 133 cm³/mol. The molecule has 2 aromatic heterocycles. The number of likely N-dealkylation sites (tertiary alicyclic amines) is 1. The van der Waals surface area contributed by atoms with Crippen LogP contribution in [0.3, 0.4) is 0 Å². The van der Waals surface area contributed by atoms with Crippen molar-refractivity contribution in [2.45, 2.75) is 25.4 Å². The van der Waals surface area contributed by atoms with Gasteiger partial charge in [0, 0.05) is 26.7 Å². The molecular formula is C23H27ClF2N8O3. The van der Waals surface area contributed by atoms with Crippen molar-refractivity contribution < 1.29 is 23.0 Å². The third kappa shape index (κ3) is 4.73. The normalized spacial score (nSPS) is 18.2.